The number of hydrogen-bond acceptors (Lipinski definition) is 3. The summed E-state index contributed by atoms with van der Waals surface area (Å²) in [6.45, 7) is 3.96. The van der Waals surface area contributed by atoms with Crippen LogP contribution in [0.4, 0.5) is 0 Å². The van der Waals surface area contributed by atoms with E-state index in [4.69, 9.17) is 16.3 Å². The van der Waals surface area contributed by atoms with E-state index in [-0.39, 0.29) is 17.8 Å². The lowest BCUT2D eigenvalue weighted by molar-refractivity contribution is -0.145. The van der Waals surface area contributed by atoms with Gasteiger partial charge in [-0.15, -0.1) is 11.6 Å². The quantitative estimate of drug-likeness (QED) is 0.638. The minimum absolute atomic E-state index is 0.0898. The smallest absolute Gasteiger partial charge is 0.329 e. The molecule has 2 rings (SSSR count). The van der Waals surface area contributed by atoms with Crippen molar-refractivity contribution in [3.05, 3.63) is 30.1 Å². The highest BCUT2D eigenvalue weighted by Crippen LogP contribution is 2.28. The Balaban J connectivity index is 2.67. The number of methoxy groups -OCH3 is 1. The average Bonchev–Trinajstić information content (AvgIpc) is 2.77. The molecule has 0 radical (unpaired) electrons. The number of imidazole rings is 1. The van der Waals surface area contributed by atoms with Crippen molar-refractivity contribution < 1.29 is 9.53 Å². The number of rotatable bonds is 4. The van der Waals surface area contributed by atoms with Gasteiger partial charge in [0.15, 0.2) is 0 Å². The number of para-hydroxylation sites is 2. The summed E-state index contributed by atoms with van der Waals surface area (Å²) >= 11 is 5.96. The fraction of sp³-hybridized carbons (Fsp3) is 0.429. The van der Waals surface area contributed by atoms with Crippen molar-refractivity contribution in [2.75, 3.05) is 7.11 Å². The predicted molar refractivity (Wildman–Crippen MR) is 75.2 cm³/mol. The van der Waals surface area contributed by atoms with Gasteiger partial charge in [-0.3, -0.25) is 0 Å². The monoisotopic (exact) mass is 280 g/mol. The minimum atomic E-state index is -0.411. The molecule has 1 heterocycles. The van der Waals surface area contributed by atoms with Gasteiger partial charge in [0.05, 0.1) is 24.0 Å². The minimum Gasteiger partial charge on any atom is -0.467 e. The molecule has 0 saturated heterocycles. The fourth-order valence-electron chi connectivity index (χ4n) is 2.30. The van der Waals surface area contributed by atoms with E-state index in [1.165, 1.54) is 7.11 Å². The summed E-state index contributed by atoms with van der Waals surface area (Å²) in [5.74, 6) is 0.762. The summed E-state index contributed by atoms with van der Waals surface area (Å²) in [6, 6.07) is 7.28. The van der Waals surface area contributed by atoms with Gasteiger partial charge < -0.3 is 9.30 Å². The predicted octanol–water partition coefficient (Wildman–Crippen LogP) is 3.15. The maximum atomic E-state index is 12.0. The standard InChI is InChI=1S/C14H17ClN2O2/c1-9(2)13(14(18)19-3)17-11-7-5-4-6-10(11)16-12(17)8-15/h4-7,9,13H,8H2,1-3H3. The van der Waals surface area contributed by atoms with Crippen LogP contribution in [0.3, 0.4) is 0 Å². The highest BCUT2D eigenvalue weighted by Gasteiger charge is 2.28. The molecule has 5 heteroatoms. The molecule has 1 unspecified atom stereocenters. The first-order valence-electron chi connectivity index (χ1n) is 6.19. The number of halogens is 1. The first kappa shape index (κ1) is 13.9. The molecule has 2 aromatic rings. The molecule has 0 saturated carbocycles. The SMILES string of the molecule is COC(=O)C(C(C)C)n1c(CCl)nc2ccccc21. The third kappa shape index (κ3) is 2.45. The highest BCUT2D eigenvalue weighted by atomic mass is 35.5. The number of aromatic nitrogens is 2. The largest absolute Gasteiger partial charge is 0.467 e. The molecule has 102 valence electrons. The lowest BCUT2D eigenvalue weighted by Crippen LogP contribution is -2.27. The Hall–Kier alpha value is -1.55. The van der Waals surface area contributed by atoms with Gasteiger partial charge in [-0.25, -0.2) is 9.78 Å². The topological polar surface area (TPSA) is 44.1 Å². The molecule has 19 heavy (non-hydrogen) atoms. The van der Waals surface area contributed by atoms with E-state index in [9.17, 15) is 4.79 Å². The number of nitrogens with zero attached hydrogens (tertiary/aromatic N) is 2. The van der Waals surface area contributed by atoms with E-state index in [1.54, 1.807) is 0 Å². The molecule has 1 aromatic carbocycles. The van der Waals surface area contributed by atoms with Gasteiger partial charge in [0.25, 0.3) is 0 Å². The fourth-order valence-corrected chi connectivity index (χ4v) is 2.48. The molecule has 0 aliphatic carbocycles. The van der Waals surface area contributed by atoms with Crippen LogP contribution in [0.5, 0.6) is 0 Å². The van der Waals surface area contributed by atoms with E-state index < -0.39 is 6.04 Å². The second-order valence-electron chi connectivity index (χ2n) is 4.73. The van der Waals surface area contributed by atoms with Gasteiger partial charge in [-0.05, 0) is 18.1 Å². The summed E-state index contributed by atoms with van der Waals surface area (Å²) in [5.41, 5.74) is 1.75. The molecule has 0 aliphatic rings. The van der Waals surface area contributed by atoms with Gasteiger partial charge >= 0.3 is 5.97 Å². The van der Waals surface area contributed by atoms with Gasteiger partial charge in [-0.1, -0.05) is 26.0 Å². The normalized spacial score (nSPS) is 12.9. The second kappa shape index (κ2) is 5.61. The van der Waals surface area contributed by atoms with Crippen molar-refractivity contribution in [2.24, 2.45) is 5.92 Å². The Labute approximate surface area is 117 Å². The summed E-state index contributed by atoms with van der Waals surface area (Å²) in [4.78, 5) is 16.5. The molecule has 1 atom stereocenters. The number of ether oxygens (including phenoxy) is 1. The van der Waals surface area contributed by atoms with E-state index in [1.807, 2.05) is 42.7 Å². The van der Waals surface area contributed by atoms with Crippen LogP contribution in [0, 0.1) is 5.92 Å². The first-order valence-corrected chi connectivity index (χ1v) is 6.73. The lowest BCUT2D eigenvalue weighted by atomic mass is 10.0. The van der Waals surface area contributed by atoms with Crippen LogP contribution in [-0.2, 0) is 15.4 Å². The number of benzene rings is 1. The maximum Gasteiger partial charge on any atom is 0.329 e. The third-order valence-electron chi connectivity index (χ3n) is 3.14. The summed E-state index contributed by atoms with van der Waals surface area (Å²) in [5, 5.41) is 0. The number of alkyl halides is 1. The van der Waals surface area contributed by atoms with E-state index in [0.717, 1.165) is 11.0 Å². The van der Waals surface area contributed by atoms with E-state index >= 15 is 0 Å². The van der Waals surface area contributed by atoms with Crippen LogP contribution in [-0.4, -0.2) is 22.6 Å². The second-order valence-corrected chi connectivity index (χ2v) is 5.00. The Morgan fingerprint density at radius 3 is 2.68 bits per heavy atom. The Morgan fingerprint density at radius 1 is 1.42 bits per heavy atom. The van der Waals surface area contributed by atoms with E-state index in [0.29, 0.717) is 5.82 Å². The number of hydrogen-bond donors (Lipinski definition) is 0. The highest BCUT2D eigenvalue weighted by molar-refractivity contribution is 6.16. The summed E-state index contributed by atoms with van der Waals surface area (Å²) in [6.07, 6.45) is 0. The molecule has 0 bridgehead atoms. The molecule has 0 amide bonds. The number of fused-ring (bicyclic) bond motifs is 1. The molecular formula is C14H17ClN2O2. The van der Waals surface area contributed by atoms with Crippen molar-refractivity contribution in [1.82, 2.24) is 9.55 Å². The van der Waals surface area contributed by atoms with Crippen molar-refractivity contribution in [1.29, 1.82) is 0 Å². The lowest BCUT2D eigenvalue weighted by Gasteiger charge is -2.22. The van der Waals surface area contributed by atoms with Crippen LogP contribution in [0.1, 0.15) is 25.7 Å². The zero-order chi connectivity index (χ0) is 14.0. The zero-order valence-electron chi connectivity index (χ0n) is 11.3. The first-order chi connectivity index (χ1) is 9.10. The maximum absolute atomic E-state index is 12.0. The molecule has 0 spiro atoms. The number of carbonyl (C=O) groups is 1. The Kier molecular flexibility index (Phi) is 4.10. The van der Waals surface area contributed by atoms with Crippen molar-refractivity contribution in [3.8, 4) is 0 Å². The van der Waals surface area contributed by atoms with Crippen LogP contribution in [0.25, 0.3) is 11.0 Å². The Morgan fingerprint density at radius 2 is 2.11 bits per heavy atom. The average molecular weight is 281 g/mol. The third-order valence-corrected chi connectivity index (χ3v) is 3.38. The molecule has 0 aliphatic heterocycles. The van der Waals surface area contributed by atoms with Crippen molar-refractivity contribution in [3.63, 3.8) is 0 Å². The zero-order valence-corrected chi connectivity index (χ0v) is 12.0. The molecule has 4 nitrogen and oxygen atoms in total. The molecular weight excluding hydrogens is 264 g/mol. The van der Waals surface area contributed by atoms with Crippen LogP contribution in [0.2, 0.25) is 0 Å². The van der Waals surface area contributed by atoms with Crippen LogP contribution < -0.4 is 0 Å². The van der Waals surface area contributed by atoms with Gasteiger partial charge in [0, 0.05) is 0 Å². The van der Waals surface area contributed by atoms with Crippen molar-refractivity contribution >= 4 is 28.6 Å². The van der Waals surface area contributed by atoms with Crippen molar-refractivity contribution in [2.45, 2.75) is 25.8 Å². The molecule has 0 fully saturated rings. The summed E-state index contributed by atoms with van der Waals surface area (Å²) < 4.78 is 6.80. The number of esters is 1. The van der Waals surface area contributed by atoms with Gasteiger partial charge in [0.2, 0.25) is 0 Å². The van der Waals surface area contributed by atoms with Crippen LogP contribution >= 0.6 is 11.6 Å². The van der Waals surface area contributed by atoms with E-state index in [2.05, 4.69) is 4.98 Å². The van der Waals surface area contributed by atoms with Crippen LogP contribution in [0.15, 0.2) is 24.3 Å². The molecule has 1 aromatic heterocycles. The summed E-state index contributed by atoms with van der Waals surface area (Å²) in [7, 11) is 1.40. The Bertz CT molecular complexity index is 592. The number of carbonyl (C=O) groups excluding carboxylic acids is 1. The van der Waals surface area contributed by atoms with Gasteiger partial charge in [-0.2, -0.15) is 0 Å². The van der Waals surface area contributed by atoms with Gasteiger partial charge in [0.1, 0.15) is 11.9 Å². The molecule has 0 N–H and O–H groups in total.